The molecule has 0 bridgehead atoms. The molecule has 2 saturated heterocycles. The van der Waals surface area contributed by atoms with E-state index in [0.29, 0.717) is 0 Å². The van der Waals surface area contributed by atoms with Gasteiger partial charge in [-0.1, -0.05) is 0 Å². The van der Waals surface area contributed by atoms with Crippen molar-refractivity contribution in [3.05, 3.63) is 0 Å². The summed E-state index contributed by atoms with van der Waals surface area (Å²) >= 11 is 0. The van der Waals surface area contributed by atoms with Crippen LogP contribution in [0.15, 0.2) is 0 Å². The number of aliphatic hydroxyl groups excluding tert-OH is 1. The molecule has 0 radical (unpaired) electrons. The maximum atomic E-state index is 11.2. The van der Waals surface area contributed by atoms with E-state index in [1.807, 2.05) is 0 Å². The first-order chi connectivity index (χ1) is 6.57. The van der Waals surface area contributed by atoms with Crippen molar-refractivity contribution in [1.82, 2.24) is 4.90 Å². The average Bonchev–Trinajstić information content (AvgIpc) is 2.80. The topological polar surface area (TPSA) is 75.8 Å². The smallest absolute Gasteiger partial charge is 0.337 e. The summed E-state index contributed by atoms with van der Waals surface area (Å²) in [6.07, 6.45) is -1.92. The third kappa shape index (κ3) is 1.11. The molecule has 78 valence electrons. The Balaban J connectivity index is 2.10. The quantitative estimate of drug-likeness (QED) is 0.411. The zero-order valence-corrected chi connectivity index (χ0v) is 7.84. The summed E-state index contributed by atoms with van der Waals surface area (Å²) in [5.41, 5.74) is 0. The summed E-state index contributed by atoms with van der Waals surface area (Å²) in [6, 6.07) is -0.730. The highest BCUT2D eigenvalue weighted by Crippen LogP contribution is 2.42. The Hall–Kier alpha value is -1.14. The zero-order chi connectivity index (χ0) is 10.5. The van der Waals surface area contributed by atoms with Gasteiger partial charge in [-0.2, -0.15) is 0 Å². The van der Waals surface area contributed by atoms with Gasteiger partial charge >= 0.3 is 5.97 Å². The molecule has 2 aliphatic heterocycles. The van der Waals surface area contributed by atoms with Crippen LogP contribution in [0, 0.1) is 0 Å². The summed E-state index contributed by atoms with van der Waals surface area (Å²) in [6.45, 7) is 1.39. The third-order valence-corrected chi connectivity index (χ3v) is 2.59. The van der Waals surface area contributed by atoms with Crippen LogP contribution in [0.4, 0.5) is 0 Å². The van der Waals surface area contributed by atoms with Gasteiger partial charge in [-0.25, -0.2) is 4.79 Å². The number of carbonyl (C=O) groups is 2. The lowest BCUT2D eigenvalue weighted by atomic mass is 10.2. The first kappa shape index (κ1) is 9.42. The number of methoxy groups -OCH3 is 1. The number of hydrogen-bond donors (Lipinski definition) is 1. The second kappa shape index (κ2) is 2.93. The molecule has 14 heavy (non-hydrogen) atoms. The van der Waals surface area contributed by atoms with Crippen LogP contribution in [0.3, 0.4) is 0 Å². The van der Waals surface area contributed by atoms with Crippen molar-refractivity contribution >= 4 is 11.9 Å². The summed E-state index contributed by atoms with van der Waals surface area (Å²) in [5, 5.41) is 9.35. The molecule has 6 heteroatoms. The number of ether oxygens (including phenoxy) is 2. The molecule has 0 aromatic rings. The van der Waals surface area contributed by atoms with Crippen molar-refractivity contribution in [2.24, 2.45) is 0 Å². The van der Waals surface area contributed by atoms with Crippen molar-refractivity contribution in [3.8, 4) is 0 Å². The van der Waals surface area contributed by atoms with Gasteiger partial charge in [-0.3, -0.25) is 4.79 Å². The standard InChI is InChI=1S/C8H11NO5/c1-3(10)9-4-5(9)7(11)14-6(4)8(12)13-2/h4-7,11H,1-2H3/t4-,5+,6+,7?,9?/m1/s1. The van der Waals surface area contributed by atoms with Gasteiger partial charge in [0.25, 0.3) is 0 Å². The highest BCUT2D eigenvalue weighted by molar-refractivity contribution is 5.83. The van der Waals surface area contributed by atoms with Gasteiger partial charge in [-0.05, 0) is 0 Å². The normalized spacial score (nSPS) is 39.2. The maximum absolute atomic E-state index is 11.2. The fourth-order valence-electron chi connectivity index (χ4n) is 1.94. The molecule has 6 nitrogen and oxygen atoms in total. The minimum atomic E-state index is -1.08. The molecule has 4 atom stereocenters. The zero-order valence-electron chi connectivity index (χ0n) is 7.84. The Morgan fingerprint density at radius 3 is 2.50 bits per heavy atom. The molecule has 0 spiro atoms. The highest BCUT2D eigenvalue weighted by Gasteiger charge is 2.66. The summed E-state index contributed by atoms with van der Waals surface area (Å²) in [7, 11) is 1.24. The molecule has 2 aliphatic rings. The van der Waals surface area contributed by atoms with E-state index < -0.39 is 18.4 Å². The fraction of sp³-hybridized carbons (Fsp3) is 0.750. The number of nitrogens with zero attached hydrogens (tertiary/aromatic N) is 1. The van der Waals surface area contributed by atoms with Crippen LogP contribution in [0.2, 0.25) is 0 Å². The fourth-order valence-corrected chi connectivity index (χ4v) is 1.94. The molecular weight excluding hydrogens is 190 g/mol. The summed E-state index contributed by atoms with van der Waals surface area (Å²) < 4.78 is 9.44. The van der Waals surface area contributed by atoms with Gasteiger partial charge in [0.05, 0.1) is 13.2 Å². The predicted molar refractivity (Wildman–Crippen MR) is 43.0 cm³/mol. The highest BCUT2D eigenvalue weighted by atomic mass is 16.6. The molecule has 0 saturated carbocycles. The van der Waals surface area contributed by atoms with Crippen LogP contribution < -0.4 is 0 Å². The second-order valence-corrected chi connectivity index (χ2v) is 3.38. The van der Waals surface area contributed by atoms with Gasteiger partial charge in [0.15, 0.2) is 12.4 Å². The lowest BCUT2D eigenvalue weighted by Crippen LogP contribution is -2.35. The molecule has 1 unspecified atom stereocenters. The molecular formula is C8H11NO5. The minimum Gasteiger partial charge on any atom is -0.467 e. The van der Waals surface area contributed by atoms with Crippen molar-refractivity contribution in [2.75, 3.05) is 7.11 Å². The van der Waals surface area contributed by atoms with Crippen LogP contribution in [0.1, 0.15) is 6.92 Å². The van der Waals surface area contributed by atoms with Gasteiger partial charge in [0.2, 0.25) is 5.91 Å². The third-order valence-electron chi connectivity index (χ3n) is 2.59. The first-order valence-corrected chi connectivity index (χ1v) is 4.28. The second-order valence-electron chi connectivity index (χ2n) is 3.38. The number of esters is 1. The van der Waals surface area contributed by atoms with Crippen LogP contribution in [-0.4, -0.2) is 53.5 Å². The van der Waals surface area contributed by atoms with Gasteiger partial charge in [0.1, 0.15) is 6.04 Å². The summed E-state index contributed by atoms with van der Waals surface area (Å²) in [5.74, 6) is -0.725. The van der Waals surface area contributed by atoms with E-state index in [1.54, 1.807) is 0 Å². The van der Waals surface area contributed by atoms with Crippen LogP contribution in [0.5, 0.6) is 0 Å². The Kier molecular flexibility index (Phi) is 1.97. The number of aliphatic hydroxyl groups is 1. The number of fused-ring (bicyclic) bond motifs is 1. The Morgan fingerprint density at radius 2 is 2.07 bits per heavy atom. The predicted octanol–water partition coefficient (Wildman–Crippen LogP) is -1.52. The Morgan fingerprint density at radius 1 is 1.43 bits per heavy atom. The molecule has 1 amide bonds. The Labute approximate surface area is 80.4 Å². The number of amides is 1. The van der Waals surface area contributed by atoms with E-state index in [1.165, 1.54) is 18.9 Å². The molecule has 0 aromatic heterocycles. The van der Waals surface area contributed by atoms with Crippen LogP contribution in [0.25, 0.3) is 0 Å². The monoisotopic (exact) mass is 201 g/mol. The van der Waals surface area contributed by atoms with Gasteiger partial charge in [-0.15, -0.1) is 0 Å². The van der Waals surface area contributed by atoms with Crippen LogP contribution in [-0.2, 0) is 19.1 Å². The van der Waals surface area contributed by atoms with Crippen LogP contribution >= 0.6 is 0 Å². The van der Waals surface area contributed by atoms with Gasteiger partial charge < -0.3 is 19.5 Å². The first-order valence-electron chi connectivity index (χ1n) is 4.28. The summed E-state index contributed by atoms with van der Waals surface area (Å²) in [4.78, 5) is 23.6. The SMILES string of the molecule is COC(=O)[C@H]1OC(O)[C@@H]2[C@H]1N2C(C)=O. The van der Waals surface area contributed by atoms with E-state index in [4.69, 9.17) is 4.74 Å². The van der Waals surface area contributed by atoms with Crippen molar-refractivity contribution in [3.63, 3.8) is 0 Å². The molecule has 0 aliphatic carbocycles. The molecule has 2 rings (SSSR count). The van der Waals surface area contributed by atoms with Gasteiger partial charge in [0, 0.05) is 6.92 Å². The lowest BCUT2D eigenvalue weighted by molar-refractivity contribution is -0.172. The number of hydrogen-bond acceptors (Lipinski definition) is 5. The van der Waals surface area contributed by atoms with E-state index in [9.17, 15) is 14.7 Å². The van der Waals surface area contributed by atoms with Crippen molar-refractivity contribution in [2.45, 2.75) is 31.4 Å². The van der Waals surface area contributed by atoms with E-state index >= 15 is 0 Å². The minimum absolute atomic E-state index is 0.170. The molecule has 2 fully saturated rings. The molecule has 0 aromatic carbocycles. The number of rotatable bonds is 1. The largest absolute Gasteiger partial charge is 0.467 e. The van der Waals surface area contributed by atoms with Crippen molar-refractivity contribution in [1.29, 1.82) is 0 Å². The molecule has 1 N–H and O–H groups in total. The van der Waals surface area contributed by atoms with E-state index in [0.717, 1.165) is 0 Å². The number of morpholine rings is 1. The maximum Gasteiger partial charge on any atom is 0.337 e. The lowest BCUT2D eigenvalue weighted by Gasteiger charge is -2.16. The molecule has 2 heterocycles. The average molecular weight is 201 g/mol. The Bertz CT molecular complexity index is 291. The van der Waals surface area contributed by atoms with E-state index in [2.05, 4.69) is 4.74 Å². The number of carbonyl (C=O) groups excluding carboxylic acids is 2. The van der Waals surface area contributed by atoms with E-state index in [-0.39, 0.29) is 18.0 Å². The van der Waals surface area contributed by atoms with Crippen molar-refractivity contribution < 1.29 is 24.2 Å².